The van der Waals surface area contributed by atoms with Crippen LogP contribution in [0.3, 0.4) is 0 Å². The average molecular weight is 691 g/mol. The van der Waals surface area contributed by atoms with E-state index in [1.54, 1.807) is 49.8 Å². The van der Waals surface area contributed by atoms with Crippen LogP contribution in [0.15, 0.2) is 65.0 Å². The van der Waals surface area contributed by atoms with Gasteiger partial charge in [0.15, 0.2) is 0 Å². The molecule has 0 unspecified atom stereocenters. The van der Waals surface area contributed by atoms with Crippen LogP contribution in [0.2, 0.25) is 0 Å². The summed E-state index contributed by atoms with van der Waals surface area (Å²) < 4.78 is 30.2. The molecule has 1 aromatic heterocycles. The van der Waals surface area contributed by atoms with Crippen molar-refractivity contribution >= 4 is 30.2 Å². The Hall–Kier alpha value is -4.25. The zero-order valence-corrected chi connectivity index (χ0v) is 29.5. The maximum absolute atomic E-state index is 14.1. The van der Waals surface area contributed by atoms with Gasteiger partial charge in [-0.15, -0.1) is 0 Å². The van der Waals surface area contributed by atoms with Crippen molar-refractivity contribution in [2.75, 3.05) is 0 Å². The van der Waals surface area contributed by atoms with Gasteiger partial charge in [-0.2, -0.15) is 0 Å². The minimum Gasteiger partial charge on any atom is -0.472 e. The summed E-state index contributed by atoms with van der Waals surface area (Å²) in [4.78, 5) is 65.8. The maximum atomic E-state index is 14.1. The van der Waals surface area contributed by atoms with Crippen LogP contribution in [0.4, 0.5) is 0 Å². The third kappa shape index (κ3) is 5.14. The van der Waals surface area contributed by atoms with Gasteiger partial charge in [0, 0.05) is 55.3 Å². The molecule has 0 bridgehead atoms. The fourth-order valence-corrected chi connectivity index (χ4v) is 10.8. The van der Waals surface area contributed by atoms with Crippen LogP contribution >= 0.6 is 0 Å². The van der Waals surface area contributed by atoms with Crippen LogP contribution in [-0.2, 0) is 38.1 Å². The molecular formula is C39H46O11. The monoisotopic (exact) mass is 690 g/mol. The minimum atomic E-state index is -1.50. The van der Waals surface area contributed by atoms with E-state index in [2.05, 4.69) is 6.08 Å². The van der Waals surface area contributed by atoms with Crippen LogP contribution in [0, 0.1) is 33.5 Å². The highest BCUT2D eigenvalue weighted by atomic mass is 16.6. The van der Waals surface area contributed by atoms with Gasteiger partial charge < -0.3 is 33.3 Å². The van der Waals surface area contributed by atoms with E-state index in [0.717, 1.165) is 11.1 Å². The van der Waals surface area contributed by atoms with Crippen LogP contribution < -0.4 is 0 Å². The fraction of sp³-hybridized carbons (Fsp3) is 0.564. The molecule has 0 amide bonds. The smallest absolute Gasteiger partial charge is 0.338 e. The number of fused-ring (bicyclic) bond motifs is 5. The summed E-state index contributed by atoms with van der Waals surface area (Å²) in [5, 5.41) is 12.3. The summed E-state index contributed by atoms with van der Waals surface area (Å²) in [5.41, 5.74) is -2.67. The molecule has 1 N–H and O–H groups in total. The van der Waals surface area contributed by atoms with Crippen molar-refractivity contribution in [1.29, 1.82) is 0 Å². The van der Waals surface area contributed by atoms with E-state index in [4.69, 9.17) is 23.4 Å². The second kappa shape index (κ2) is 12.5. The molecule has 1 heterocycles. The Bertz CT molecular complexity index is 1700. The molecule has 268 valence electrons. The molecule has 11 nitrogen and oxygen atoms in total. The molecule has 3 saturated carbocycles. The molecule has 4 aliphatic rings. The van der Waals surface area contributed by atoms with Crippen molar-refractivity contribution in [1.82, 2.24) is 0 Å². The summed E-state index contributed by atoms with van der Waals surface area (Å²) in [5.74, 6) is -4.25. The predicted octanol–water partition coefficient (Wildman–Crippen LogP) is 5.35. The lowest BCUT2D eigenvalue weighted by Gasteiger charge is -2.71. The van der Waals surface area contributed by atoms with Crippen LogP contribution in [0.5, 0.6) is 0 Å². The molecule has 4 aliphatic carbocycles. The second-order valence-electron chi connectivity index (χ2n) is 15.4. The van der Waals surface area contributed by atoms with Crippen molar-refractivity contribution in [2.45, 2.75) is 104 Å². The summed E-state index contributed by atoms with van der Waals surface area (Å²) in [7, 11) is 0. The number of hydrogen-bond donors (Lipinski definition) is 1. The Labute approximate surface area is 291 Å². The Morgan fingerprint density at radius 2 is 1.48 bits per heavy atom. The molecule has 0 saturated heterocycles. The molecule has 0 aliphatic heterocycles. The number of carbonyl (C=O) groups is 5. The van der Waals surface area contributed by atoms with Crippen molar-refractivity contribution < 1.29 is 52.4 Å². The fourth-order valence-electron chi connectivity index (χ4n) is 10.8. The minimum absolute atomic E-state index is 0.0676. The number of ether oxygens (including phenoxy) is 4. The lowest BCUT2D eigenvalue weighted by atomic mass is 9.35. The van der Waals surface area contributed by atoms with Crippen molar-refractivity contribution in [3.05, 3.63) is 71.7 Å². The third-order valence-electron chi connectivity index (χ3n) is 12.8. The number of aldehydes is 1. The highest BCUT2D eigenvalue weighted by molar-refractivity contribution is 5.89. The van der Waals surface area contributed by atoms with Gasteiger partial charge in [-0.25, -0.2) is 4.79 Å². The maximum Gasteiger partial charge on any atom is 0.338 e. The number of aliphatic hydroxyl groups excluding tert-OH is 1. The van der Waals surface area contributed by atoms with E-state index in [1.165, 1.54) is 20.8 Å². The third-order valence-corrected chi connectivity index (χ3v) is 12.8. The molecule has 2 aromatic rings. The molecule has 1 aromatic carbocycles. The van der Waals surface area contributed by atoms with Gasteiger partial charge in [0.05, 0.1) is 29.6 Å². The first-order valence-corrected chi connectivity index (χ1v) is 17.2. The molecular weight excluding hydrogens is 644 g/mol. The van der Waals surface area contributed by atoms with Crippen molar-refractivity contribution in [3.8, 4) is 0 Å². The lowest BCUT2D eigenvalue weighted by Crippen LogP contribution is -2.76. The van der Waals surface area contributed by atoms with Gasteiger partial charge >= 0.3 is 23.9 Å². The summed E-state index contributed by atoms with van der Waals surface area (Å²) in [6.07, 6.45) is 1.37. The average Bonchev–Trinajstić information content (AvgIpc) is 3.71. The van der Waals surface area contributed by atoms with Gasteiger partial charge in [-0.05, 0) is 49.4 Å². The Kier molecular flexibility index (Phi) is 8.90. The number of furan rings is 1. The molecule has 3 fully saturated rings. The summed E-state index contributed by atoms with van der Waals surface area (Å²) in [6, 6.07) is 10.3. The molecule has 50 heavy (non-hydrogen) atoms. The molecule has 12 atom stereocenters. The number of hydrogen-bond acceptors (Lipinski definition) is 11. The van der Waals surface area contributed by atoms with Gasteiger partial charge in [0.1, 0.15) is 30.7 Å². The van der Waals surface area contributed by atoms with Crippen LogP contribution in [0.25, 0.3) is 0 Å². The molecule has 6 rings (SSSR count). The van der Waals surface area contributed by atoms with Crippen LogP contribution in [0.1, 0.15) is 89.6 Å². The zero-order valence-electron chi connectivity index (χ0n) is 29.5. The Balaban J connectivity index is 1.63. The number of aliphatic hydroxyl groups is 1. The second-order valence-corrected chi connectivity index (χ2v) is 15.4. The van der Waals surface area contributed by atoms with Crippen molar-refractivity contribution in [3.63, 3.8) is 0 Å². The quantitative estimate of drug-likeness (QED) is 0.173. The van der Waals surface area contributed by atoms with Gasteiger partial charge in [0.25, 0.3) is 0 Å². The molecule has 11 heteroatoms. The number of carbonyl (C=O) groups excluding carboxylic acids is 5. The largest absolute Gasteiger partial charge is 0.472 e. The number of rotatable bonds is 7. The SMILES string of the molecule is CC(=O)O[C@H]1[C@@H](OC(=O)c2ccccc2)[C@@]2(C)C3=CC[C@@H](c4ccoc4)[C@]3(C)[C@@H](OC(C)=O)C[C@@H]2[C@@]2(C)[C@@H](O)C[C@@H](OC(C)=O)[C@](C)(C=O)[C@H]12. The van der Waals surface area contributed by atoms with Gasteiger partial charge in [-0.3, -0.25) is 14.4 Å². The highest BCUT2D eigenvalue weighted by Crippen LogP contribution is 2.74. The van der Waals surface area contributed by atoms with E-state index >= 15 is 0 Å². The standard InChI is InChI=1S/C39H46O11/c1-21(41)47-30-18-29(44)39(7)28-17-31(48-22(2)42)37(5)26(25-15-16-46-19-25)13-14-27(37)38(28,6)34(50-35(45)24-11-9-8-10-12-24)32(49-23(3)43)33(39)36(30,4)20-40/h8-12,14-16,19-20,26,28-34,44H,13,17-18H2,1-7H3/t26-,28-,29-,30+,31-,32+,33-,34+,36-,37-,38-,39-/m0/s1. The lowest BCUT2D eigenvalue weighted by molar-refractivity contribution is -0.294. The van der Waals surface area contributed by atoms with Gasteiger partial charge in [0.2, 0.25) is 0 Å². The zero-order chi connectivity index (χ0) is 36.4. The topological polar surface area (TPSA) is 156 Å². The van der Waals surface area contributed by atoms with Crippen LogP contribution in [-0.4, -0.2) is 65.8 Å². The first kappa shape index (κ1) is 35.6. The van der Waals surface area contributed by atoms with E-state index in [9.17, 15) is 29.1 Å². The first-order valence-electron chi connectivity index (χ1n) is 17.2. The number of esters is 4. The van der Waals surface area contributed by atoms with Crippen molar-refractivity contribution in [2.24, 2.45) is 33.5 Å². The molecule has 0 spiro atoms. The Morgan fingerprint density at radius 3 is 2.06 bits per heavy atom. The predicted molar refractivity (Wildman–Crippen MR) is 177 cm³/mol. The first-order chi connectivity index (χ1) is 23.5. The van der Waals surface area contributed by atoms with E-state index in [-0.39, 0.29) is 24.3 Å². The normalized spacial score (nSPS) is 40.2. The van der Waals surface area contributed by atoms with E-state index in [1.807, 2.05) is 26.8 Å². The van der Waals surface area contributed by atoms with E-state index < -0.39 is 87.9 Å². The number of allylic oxidation sites excluding steroid dienone is 1. The van der Waals surface area contributed by atoms with Gasteiger partial charge in [-0.1, -0.05) is 50.6 Å². The number of benzene rings is 1. The Morgan fingerprint density at radius 1 is 0.840 bits per heavy atom. The summed E-state index contributed by atoms with van der Waals surface area (Å²) >= 11 is 0. The van der Waals surface area contributed by atoms with E-state index in [0.29, 0.717) is 12.7 Å². The molecule has 0 radical (unpaired) electrons. The highest BCUT2D eigenvalue weighted by Gasteiger charge is 2.78. The summed E-state index contributed by atoms with van der Waals surface area (Å²) in [6.45, 7) is 11.3.